The molecule has 0 aromatic heterocycles. The van der Waals surface area contributed by atoms with E-state index in [4.69, 9.17) is 0 Å². The van der Waals surface area contributed by atoms with Crippen LogP contribution in [0.2, 0.25) is 0 Å². The molecule has 1 aromatic carbocycles. The highest BCUT2D eigenvalue weighted by molar-refractivity contribution is 5.97. The molecular formula is C16H20N2O4. The predicted molar refractivity (Wildman–Crippen MR) is 79.9 cm³/mol. The zero-order chi connectivity index (χ0) is 16.2. The summed E-state index contributed by atoms with van der Waals surface area (Å²) in [6, 6.07) is 7.02. The monoisotopic (exact) mass is 304 g/mol. The predicted octanol–water partition coefficient (Wildman–Crippen LogP) is 1.79. The lowest BCUT2D eigenvalue weighted by atomic mass is 9.82. The lowest BCUT2D eigenvalue weighted by Crippen LogP contribution is -2.44. The molecule has 0 heterocycles. The smallest absolute Gasteiger partial charge is 0.310 e. The van der Waals surface area contributed by atoms with Crippen LogP contribution in [0.15, 0.2) is 24.3 Å². The van der Waals surface area contributed by atoms with E-state index in [0.29, 0.717) is 18.4 Å². The average molecular weight is 304 g/mol. The van der Waals surface area contributed by atoms with Gasteiger partial charge in [-0.3, -0.25) is 25.2 Å². The summed E-state index contributed by atoms with van der Waals surface area (Å²) in [5.41, 5.74) is 4.93. The third-order valence-corrected chi connectivity index (χ3v) is 4.22. The molecule has 6 heteroatoms. The van der Waals surface area contributed by atoms with Crippen molar-refractivity contribution in [2.24, 2.45) is 5.41 Å². The van der Waals surface area contributed by atoms with Gasteiger partial charge in [0.1, 0.15) is 0 Å². The Hall–Kier alpha value is -2.37. The number of hydrazine groups is 1. The van der Waals surface area contributed by atoms with Crippen molar-refractivity contribution in [3.8, 4) is 0 Å². The highest BCUT2D eigenvalue weighted by atomic mass is 16.4. The van der Waals surface area contributed by atoms with Crippen molar-refractivity contribution in [2.75, 3.05) is 0 Å². The van der Waals surface area contributed by atoms with Gasteiger partial charge in [-0.15, -0.1) is 0 Å². The number of carboxylic acid groups (broad SMARTS) is 1. The van der Waals surface area contributed by atoms with E-state index >= 15 is 0 Å². The van der Waals surface area contributed by atoms with Gasteiger partial charge in [0, 0.05) is 12.0 Å². The molecule has 0 bridgehead atoms. The van der Waals surface area contributed by atoms with Gasteiger partial charge in [-0.05, 0) is 31.4 Å². The van der Waals surface area contributed by atoms with Crippen LogP contribution in [-0.4, -0.2) is 22.9 Å². The van der Waals surface area contributed by atoms with Crippen molar-refractivity contribution in [1.29, 1.82) is 0 Å². The van der Waals surface area contributed by atoms with Crippen LogP contribution in [0, 0.1) is 12.3 Å². The minimum atomic E-state index is -0.989. The van der Waals surface area contributed by atoms with E-state index in [1.54, 1.807) is 25.1 Å². The Bertz CT molecular complexity index is 592. The SMILES string of the molecule is Cc1ccccc1C(=O)NNC(=O)CC1(C(=O)O)CCCC1. The number of rotatable bonds is 4. The van der Waals surface area contributed by atoms with E-state index in [1.165, 1.54) is 0 Å². The zero-order valence-corrected chi connectivity index (χ0v) is 12.5. The summed E-state index contributed by atoms with van der Waals surface area (Å²) in [6.07, 6.45) is 2.52. The molecule has 3 N–H and O–H groups in total. The van der Waals surface area contributed by atoms with Gasteiger partial charge in [-0.2, -0.15) is 0 Å². The Morgan fingerprint density at radius 1 is 1.14 bits per heavy atom. The van der Waals surface area contributed by atoms with E-state index in [9.17, 15) is 19.5 Å². The minimum Gasteiger partial charge on any atom is -0.481 e. The lowest BCUT2D eigenvalue weighted by molar-refractivity contribution is -0.151. The van der Waals surface area contributed by atoms with E-state index in [0.717, 1.165) is 18.4 Å². The van der Waals surface area contributed by atoms with Gasteiger partial charge in [0.2, 0.25) is 5.91 Å². The van der Waals surface area contributed by atoms with Crippen molar-refractivity contribution in [2.45, 2.75) is 39.0 Å². The summed E-state index contributed by atoms with van der Waals surface area (Å²) in [6.45, 7) is 1.80. The number of nitrogens with one attached hydrogen (secondary N) is 2. The Balaban J connectivity index is 1.92. The van der Waals surface area contributed by atoms with E-state index < -0.39 is 23.2 Å². The summed E-state index contributed by atoms with van der Waals surface area (Å²) in [4.78, 5) is 35.3. The molecule has 0 saturated heterocycles. The molecule has 2 rings (SSSR count). The fourth-order valence-corrected chi connectivity index (χ4v) is 2.89. The molecule has 0 radical (unpaired) electrons. The summed E-state index contributed by atoms with van der Waals surface area (Å²) in [7, 11) is 0. The molecular weight excluding hydrogens is 284 g/mol. The maximum absolute atomic E-state index is 12.0. The first kappa shape index (κ1) is 16.0. The Morgan fingerprint density at radius 3 is 2.36 bits per heavy atom. The van der Waals surface area contributed by atoms with Gasteiger partial charge < -0.3 is 5.11 Å². The molecule has 0 aliphatic heterocycles. The van der Waals surface area contributed by atoms with E-state index in [2.05, 4.69) is 10.9 Å². The van der Waals surface area contributed by atoms with Gasteiger partial charge in [-0.25, -0.2) is 0 Å². The molecule has 22 heavy (non-hydrogen) atoms. The summed E-state index contributed by atoms with van der Waals surface area (Å²) in [5, 5.41) is 9.34. The van der Waals surface area contributed by atoms with Gasteiger partial charge >= 0.3 is 5.97 Å². The third-order valence-electron chi connectivity index (χ3n) is 4.22. The number of carbonyl (C=O) groups excluding carboxylic acids is 2. The van der Waals surface area contributed by atoms with E-state index in [1.807, 2.05) is 6.07 Å². The van der Waals surface area contributed by atoms with Gasteiger partial charge in [0.05, 0.1) is 5.41 Å². The number of benzene rings is 1. The van der Waals surface area contributed by atoms with Gasteiger partial charge in [0.25, 0.3) is 5.91 Å². The van der Waals surface area contributed by atoms with Crippen molar-refractivity contribution in [3.63, 3.8) is 0 Å². The Morgan fingerprint density at radius 2 is 1.77 bits per heavy atom. The second-order valence-electron chi connectivity index (χ2n) is 5.79. The topological polar surface area (TPSA) is 95.5 Å². The molecule has 0 atom stereocenters. The van der Waals surface area contributed by atoms with Crippen LogP contribution in [-0.2, 0) is 9.59 Å². The number of carbonyl (C=O) groups is 3. The van der Waals surface area contributed by atoms with Crippen molar-refractivity contribution in [3.05, 3.63) is 35.4 Å². The fraction of sp³-hybridized carbons (Fsp3) is 0.438. The number of aryl methyl sites for hydroxylation is 1. The van der Waals surface area contributed by atoms with E-state index in [-0.39, 0.29) is 6.42 Å². The highest BCUT2D eigenvalue weighted by Crippen LogP contribution is 2.41. The van der Waals surface area contributed by atoms with Crippen LogP contribution in [0.4, 0.5) is 0 Å². The van der Waals surface area contributed by atoms with Gasteiger partial charge in [-0.1, -0.05) is 31.0 Å². The molecule has 6 nitrogen and oxygen atoms in total. The maximum atomic E-state index is 12.0. The molecule has 0 unspecified atom stereocenters. The standard InChI is InChI=1S/C16H20N2O4/c1-11-6-2-3-7-12(11)14(20)18-17-13(19)10-16(15(21)22)8-4-5-9-16/h2-3,6-7H,4-5,8-10H2,1H3,(H,17,19)(H,18,20)(H,21,22). The lowest BCUT2D eigenvalue weighted by Gasteiger charge is -2.22. The third kappa shape index (κ3) is 3.44. The molecule has 118 valence electrons. The van der Waals surface area contributed by atoms with Crippen LogP contribution in [0.25, 0.3) is 0 Å². The van der Waals surface area contributed by atoms with Crippen LogP contribution >= 0.6 is 0 Å². The largest absolute Gasteiger partial charge is 0.481 e. The number of hydrogen-bond acceptors (Lipinski definition) is 3. The number of aliphatic carboxylic acids is 1. The fourth-order valence-electron chi connectivity index (χ4n) is 2.89. The molecule has 2 amide bonds. The molecule has 1 aromatic rings. The number of hydrogen-bond donors (Lipinski definition) is 3. The second-order valence-corrected chi connectivity index (χ2v) is 5.79. The first-order chi connectivity index (χ1) is 10.4. The molecule has 0 spiro atoms. The Kier molecular flexibility index (Phi) is 4.80. The summed E-state index contributed by atoms with van der Waals surface area (Å²) >= 11 is 0. The van der Waals surface area contributed by atoms with Crippen molar-refractivity contribution in [1.82, 2.24) is 10.9 Å². The molecule has 1 aliphatic rings. The van der Waals surface area contributed by atoms with Gasteiger partial charge in [0.15, 0.2) is 0 Å². The highest BCUT2D eigenvalue weighted by Gasteiger charge is 2.43. The van der Waals surface area contributed by atoms with Crippen LogP contribution < -0.4 is 10.9 Å². The molecule has 1 aliphatic carbocycles. The second kappa shape index (κ2) is 6.60. The summed E-state index contributed by atoms with van der Waals surface area (Å²) in [5.74, 6) is -1.83. The van der Waals surface area contributed by atoms with Crippen LogP contribution in [0.1, 0.15) is 48.0 Å². The Labute approximate surface area is 128 Å². The average Bonchev–Trinajstić information content (AvgIpc) is 2.95. The maximum Gasteiger partial charge on any atom is 0.310 e. The minimum absolute atomic E-state index is 0.115. The zero-order valence-electron chi connectivity index (χ0n) is 12.5. The molecule has 1 fully saturated rings. The van der Waals surface area contributed by atoms with Crippen molar-refractivity contribution >= 4 is 17.8 Å². The van der Waals surface area contributed by atoms with Crippen LogP contribution in [0.5, 0.6) is 0 Å². The van der Waals surface area contributed by atoms with Crippen molar-refractivity contribution < 1.29 is 19.5 Å². The normalized spacial score (nSPS) is 16.0. The first-order valence-electron chi connectivity index (χ1n) is 7.33. The summed E-state index contributed by atoms with van der Waals surface area (Å²) < 4.78 is 0. The van der Waals surface area contributed by atoms with Crippen LogP contribution in [0.3, 0.4) is 0 Å². The number of carboxylic acids is 1. The first-order valence-corrected chi connectivity index (χ1v) is 7.33. The quantitative estimate of drug-likeness (QED) is 0.739. The molecule has 1 saturated carbocycles. The number of amides is 2.